The van der Waals surface area contributed by atoms with Crippen LogP contribution in [0.1, 0.15) is 29.7 Å². The van der Waals surface area contributed by atoms with E-state index in [0.717, 1.165) is 25.0 Å². The molecule has 1 unspecified atom stereocenters. The van der Waals surface area contributed by atoms with Crippen LogP contribution in [0, 0.1) is 13.8 Å². The third kappa shape index (κ3) is 4.85. The molecular weight excluding hydrogens is 350 g/mol. The number of amides is 1. The highest BCUT2D eigenvalue weighted by atomic mass is 16.5. The molecule has 0 bridgehead atoms. The van der Waals surface area contributed by atoms with Crippen LogP contribution in [0.15, 0.2) is 27.8 Å². The van der Waals surface area contributed by atoms with E-state index < -0.39 is 11.2 Å². The van der Waals surface area contributed by atoms with E-state index in [2.05, 4.69) is 15.3 Å². The molecule has 0 aliphatic carbocycles. The van der Waals surface area contributed by atoms with Crippen LogP contribution in [0.3, 0.4) is 0 Å². The number of benzene rings is 1. The number of ether oxygens (including phenoxy) is 2. The molecule has 8 heteroatoms. The summed E-state index contributed by atoms with van der Waals surface area (Å²) in [7, 11) is 0. The number of anilines is 1. The summed E-state index contributed by atoms with van der Waals surface area (Å²) < 4.78 is 11.4. The fourth-order valence-electron chi connectivity index (χ4n) is 3.00. The smallest absolute Gasteiger partial charge is 0.325 e. The van der Waals surface area contributed by atoms with Gasteiger partial charge in [-0.2, -0.15) is 0 Å². The predicted octanol–water partition coefficient (Wildman–Crippen LogP) is 1.42. The van der Waals surface area contributed by atoms with E-state index in [0.29, 0.717) is 23.7 Å². The molecule has 2 heterocycles. The van der Waals surface area contributed by atoms with Crippen LogP contribution < -0.4 is 21.3 Å². The van der Waals surface area contributed by atoms with E-state index >= 15 is 0 Å². The highest BCUT2D eigenvalue weighted by Crippen LogP contribution is 2.27. The molecule has 3 N–H and O–H groups in total. The van der Waals surface area contributed by atoms with Gasteiger partial charge in [0.2, 0.25) is 5.91 Å². The van der Waals surface area contributed by atoms with Crippen molar-refractivity contribution in [3.8, 4) is 5.75 Å². The number of rotatable bonds is 6. The van der Waals surface area contributed by atoms with E-state index in [1.807, 2.05) is 19.1 Å². The molecular formula is C19H23N3O5. The van der Waals surface area contributed by atoms with Gasteiger partial charge < -0.3 is 19.8 Å². The van der Waals surface area contributed by atoms with Crippen LogP contribution in [-0.4, -0.2) is 35.2 Å². The van der Waals surface area contributed by atoms with Crippen molar-refractivity contribution in [2.24, 2.45) is 0 Å². The van der Waals surface area contributed by atoms with Crippen molar-refractivity contribution in [3.63, 3.8) is 0 Å². The Bertz CT molecular complexity index is 941. The molecule has 0 saturated carbocycles. The molecule has 8 nitrogen and oxygen atoms in total. The zero-order chi connectivity index (χ0) is 19.4. The first-order valence-electron chi connectivity index (χ1n) is 8.89. The number of carbonyl (C=O) groups is 1. The van der Waals surface area contributed by atoms with Gasteiger partial charge in [-0.3, -0.25) is 14.6 Å². The third-order valence-electron chi connectivity index (χ3n) is 4.45. The third-order valence-corrected chi connectivity index (χ3v) is 4.45. The standard InChI is InChI=1S/C19H23N3O5/c1-11-5-6-15(16(8-11)27-10-13-4-3-7-26-13)21-17(23)9-14-12(2)20-19(25)22-18(14)24/h5-6,8,13H,3-4,7,9-10H2,1-2H3,(H,21,23)(H2,20,22,24,25). The first-order chi connectivity index (χ1) is 12.9. The second-order valence-electron chi connectivity index (χ2n) is 6.68. The summed E-state index contributed by atoms with van der Waals surface area (Å²) in [5.74, 6) is 0.187. The molecule has 1 saturated heterocycles. The Kier molecular flexibility index (Phi) is 5.75. The first kappa shape index (κ1) is 18.9. The van der Waals surface area contributed by atoms with E-state index in [-0.39, 0.29) is 24.0 Å². The summed E-state index contributed by atoms with van der Waals surface area (Å²) in [6.45, 7) is 4.69. The van der Waals surface area contributed by atoms with Crippen molar-refractivity contribution in [2.45, 2.75) is 39.2 Å². The van der Waals surface area contributed by atoms with Gasteiger partial charge in [0.25, 0.3) is 5.56 Å². The summed E-state index contributed by atoms with van der Waals surface area (Å²) in [6, 6.07) is 5.48. The first-order valence-corrected chi connectivity index (χ1v) is 8.89. The van der Waals surface area contributed by atoms with Crippen molar-refractivity contribution < 1.29 is 14.3 Å². The molecule has 1 atom stereocenters. The van der Waals surface area contributed by atoms with E-state index in [9.17, 15) is 14.4 Å². The van der Waals surface area contributed by atoms with Crippen LogP contribution in [0.5, 0.6) is 5.75 Å². The van der Waals surface area contributed by atoms with Crippen LogP contribution in [-0.2, 0) is 16.0 Å². The summed E-state index contributed by atoms with van der Waals surface area (Å²) >= 11 is 0. The zero-order valence-electron chi connectivity index (χ0n) is 15.4. The monoisotopic (exact) mass is 373 g/mol. The van der Waals surface area contributed by atoms with Gasteiger partial charge in [-0.25, -0.2) is 4.79 Å². The highest BCUT2D eigenvalue weighted by molar-refractivity contribution is 5.93. The summed E-state index contributed by atoms with van der Waals surface area (Å²) in [6.07, 6.45) is 1.90. The summed E-state index contributed by atoms with van der Waals surface area (Å²) in [5, 5.41) is 2.78. The molecule has 3 rings (SSSR count). The number of aromatic nitrogens is 2. The van der Waals surface area contributed by atoms with Gasteiger partial charge in [0.1, 0.15) is 12.4 Å². The number of nitrogens with one attached hydrogen (secondary N) is 3. The largest absolute Gasteiger partial charge is 0.489 e. The Labute approximate surface area is 155 Å². The average Bonchev–Trinajstić information content (AvgIpc) is 3.12. The fraction of sp³-hybridized carbons (Fsp3) is 0.421. The molecule has 1 aromatic carbocycles. The van der Waals surface area contributed by atoms with Crippen LogP contribution in [0.4, 0.5) is 5.69 Å². The number of carbonyl (C=O) groups excluding carboxylic acids is 1. The maximum absolute atomic E-state index is 12.4. The molecule has 2 aromatic rings. The van der Waals surface area contributed by atoms with Gasteiger partial charge in [-0.05, 0) is 44.4 Å². The quantitative estimate of drug-likeness (QED) is 0.709. The fourth-order valence-corrected chi connectivity index (χ4v) is 3.00. The van der Waals surface area contributed by atoms with Crippen LogP contribution in [0.25, 0.3) is 0 Å². The SMILES string of the molecule is Cc1ccc(NC(=O)Cc2c(C)[nH]c(=O)[nH]c2=O)c(OCC2CCCO2)c1. The summed E-state index contributed by atoms with van der Waals surface area (Å²) in [5.41, 5.74) is 0.972. The maximum Gasteiger partial charge on any atom is 0.325 e. The highest BCUT2D eigenvalue weighted by Gasteiger charge is 2.18. The number of aryl methyl sites for hydroxylation is 2. The number of aromatic amines is 2. The number of hydrogen-bond acceptors (Lipinski definition) is 5. The minimum Gasteiger partial charge on any atom is -0.489 e. The zero-order valence-corrected chi connectivity index (χ0v) is 15.4. The lowest BCUT2D eigenvalue weighted by Crippen LogP contribution is -2.29. The van der Waals surface area contributed by atoms with Gasteiger partial charge in [0, 0.05) is 17.9 Å². The topological polar surface area (TPSA) is 113 Å². The molecule has 144 valence electrons. The Morgan fingerprint density at radius 3 is 2.81 bits per heavy atom. The average molecular weight is 373 g/mol. The van der Waals surface area contributed by atoms with E-state index in [1.54, 1.807) is 13.0 Å². The van der Waals surface area contributed by atoms with Gasteiger partial charge >= 0.3 is 5.69 Å². The van der Waals surface area contributed by atoms with Crippen LogP contribution >= 0.6 is 0 Å². The van der Waals surface area contributed by atoms with Gasteiger partial charge in [-0.15, -0.1) is 0 Å². The lowest BCUT2D eigenvalue weighted by molar-refractivity contribution is -0.115. The molecule has 0 radical (unpaired) electrons. The Morgan fingerprint density at radius 2 is 2.11 bits per heavy atom. The molecule has 27 heavy (non-hydrogen) atoms. The predicted molar refractivity (Wildman–Crippen MR) is 100 cm³/mol. The Morgan fingerprint density at radius 1 is 1.30 bits per heavy atom. The minimum absolute atomic E-state index is 0.0661. The Hall–Kier alpha value is -2.87. The second kappa shape index (κ2) is 8.22. The van der Waals surface area contributed by atoms with Crippen molar-refractivity contribution >= 4 is 11.6 Å². The molecule has 1 amide bonds. The normalized spacial score (nSPS) is 16.3. The van der Waals surface area contributed by atoms with Crippen LogP contribution in [0.2, 0.25) is 0 Å². The second-order valence-corrected chi connectivity index (χ2v) is 6.68. The molecule has 1 aliphatic heterocycles. The van der Waals surface area contributed by atoms with Crippen molar-refractivity contribution in [1.29, 1.82) is 0 Å². The maximum atomic E-state index is 12.4. The molecule has 0 spiro atoms. The van der Waals surface area contributed by atoms with E-state index in [4.69, 9.17) is 9.47 Å². The van der Waals surface area contributed by atoms with Gasteiger partial charge in [0.05, 0.1) is 18.2 Å². The Balaban J connectivity index is 1.71. The summed E-state index contributed by atoms with van der Waals surface area (Å²) in [4.78, 5) is 40.2. The molecule has 1 fully saturated rings. The van der Waals surface area contributed by atoms with Crippen molar-refractivity contribution in [2.75, 3.05) is 18.5 Å². The van der Waals surface area contributed by atoms with Gasteiger partial charge in [-0.1, -0.05) is 6.07 Å². The van der Waals surface area contributed by atoms with Gasteiger partial charge in [0.15, 0.2) is 0 Å². The van der Waals surface area contributed by atoms with E-state index in [1.165, 1.54) is 0 Å². The number of H-pyrrole nitrogens is 2. The number of hydrogen-bond donors (Lipinski definition) is 3. The molecule has 1 aromatic heterocycles. The molecule has 1 aliphatic rings. The lowest BCUT2D eigenvalue weighted by Gasteiger charge is -2.16. The lowest BCUT2D eigenvalue weighted by atomic mass is 10.1. The minimum atomic E-state index is -0.593. The van der Waals surface area contributed by atoms with Crippen molar-refractivity contribution in [3.05, 3.63) is 55.9 Å². The van der Waals surface area contributed by atoms with Crippen molar-refractivity contribution in [1.82, 2.24) is 9.97 Å².